The lowest BCUT2D eigenvalue weighted by molar-refractivity contribution is -0.119. The predicted octanol–water partition coefficient (Wildman–Crippen LogP) is 2.24. The predicted molar refractivity (Wildman–Crippen MR) is 74.5 cm³/mol. The molecule has 1 aromatic heterocycles. The molecular formula is C12H15BrN2O2S. The van der Waals surface area contributed by atoms with Gasteiger partial charge in [0.25, 0.3) is 5.91 Å². The van der Waals surface area contributed by atoms with Crippen molar-refractivity contribution in [3.05, 3.63) is 20.8 Å². The van der Waals surface area contributed by atoms with Crippen LogP contribution in [0.5, 0.6) is 0 Å². The molecule has 2 heterocycles. The molecule has 0 saturated carbocycles. The maximum atomic E-state index is 12.2. The Bertz CT molecular complexity index is 453. The molecule has 98 valence electrons. The zero-order valence-electron chi connectivity index (χ0n) is 9.89. The second kappa shape index (κ2) is 5.84. The van der Waals surface area contributed by atoms with E-state index in [2.05, 4.69) is 15.9 Å². The van der Waals surface area contributed by atoms with Crippen molar-refractivity contribution in [2.75, 3.05) is 13.1 Å². The van der Waals surface area contributed by atoms with Crippen molar-refractivity contribution in [2.24, 2.45) is 11.7 Å². The summed E-state index contributed by atoms with van der Waals surface area (Å²) in [6.45, 7) is 1.43. The molecule has 0 aromatic carbocycles. The van der Waals surface area contributed by atoms with E-state index in [1.165, 1.54) is 11.3 Å². The summed E-state index contributed by atoms with van der Waals surface area (Å²) in [7, 11) is 0. The van der Waals surface area contributed by atoms with E-state index in [4.69, 9.17) is 5.73 Å². The van der Waals surface area contributed by atoms with Gasteiger partial charge in [-0.25, -0.2) is 0 Å². The highest BCUT2D eigenvalue weighted by molar-refractivity contribution is 9.11. The standard InChI is InChI=1S/C12H15BrN2O2S/c13-10-6-9(7-18-10)12(17)15-3-1-8(2-4-15)5-11(14)16/h6-8H,1-5H2,(H2,14,16). The lowest BCUT2D eigenvalue weighted by Gasteiger charge is -2.31. The Morgan fingerprint density at radius 2 is 2.11 bits per heavy atom. The van der Waals surface area contributed by atoms with Gasteiger partial charge in [-0.05, 0) is 40.8 Å². The Balaban J connectivity index is 1.90. The SMILES string of the molecule is NC(=O)CC1CCN(C(=O)c2csc(Br)c2)CC1. The molecule has 0 atom stereocenters. The third kappa shape index (κ3) is 3.32. The first-order chi connectivity index (χ1) is 8.56. The zero-order valence-corrected chi connectivity index (χ0v) is 12.3. The maximum Gasteiger partial charge on any atom is 0.254 e. The molecule has 1 aliphatic heterocycles. The normalized spacial score (nSPS) is 16.8. The summed E-state index contributed by atoms with van der Waals surface area (Å²) in [4.78, 5) is 24.9. The minimum atomic E-state index is -0.249. The average Bonchev–Trinajstić information content (AvgIpc) is 2.75. The smallest absolute Gasteiger partial charge is 0.254 e. The number of carbonyl (C=O) groups excluding carboxylic acids is 2. The first-order valence-electron chi connectivity index (χ1n) is 5.88. The molecule has 4 nitrogen and oxygen atoms in total. The Hall–Kier alpha value is -0.880. The van der Waals surface area contributed by atoms with Gasteiger partial charge in [0.05, 0.1) is 9.35 Å². The number of thiophene rings is 1. The summed E-state index contributed by atoms with van der Waals surface area (Å²) in [5.41, 5.74) is 5.92. The molecule has 1 fully saturated rings. The highest BCUT2D eigenvalue weighted by Gasteiger charge is 2.24. The monoisotopic (exact) mass is 330 g/mol. The molecule has 2 amide bonds. The van der Waals surface area contributed by atoms with E-state index in [-0.39, 0.29) is 11.8 Å². The van der Waals surface area contributed by atoms with Crippen molar-refractivity contribution in [1.29, 1.82) is 0 Å². The Morgan fingerprint density at radius 3 is 2.61 bits per heavy atom. The Labute approximate surface area is 118 Å². The molecule has 1 saturated heterocycles. The molecule has 0 unspecified atom stereocenters. The summed E-state index contributed by atoms with van der Waals surface area (Å²) in [6.07, 6.45) is 2.16. The molecule has 2 N–H and O–H groups in total. The minimum Gasteiger partial charge on any atom is -0.370 e. The van der Waals surface area contributed by atoms with Crippen LogP contribution in [-0.2, 0) is 4.79 Å². The molecular weight excluding hydrogens is 316 g/mol. The highest BCUT2D eigenvalue weighted by Crippen LogP contribution is 2.25. The molecule has 18 heavy (non-hydrogen) atoms. The van der Waals surface area contributed by atoms with E-state index in [1.54, 1.807) is 0 Å². The number of primary amides is 1. The fraction of sp³-hybridized carbons (Fsp3) is 0.500. The summed E-state index contributed by atoms with van der Waals surface area (Å²) < 4.78 is 0.967. The van der Waals surface area contributed by atoms with Gasteiger partial charge in [-0.2, -0.15) is 0 Å². The lowest BCUT2D eigenvalue weighted by Crippen LogP contribution is -2.39. The fourth-order valence-corrected chi connectivity index (χ4v) is 3.36. The summed E-state index contributed by atoms with van der Waals surface area (Å²) >= 11 is 4.87. The number of nitrogens with two attached hydrogens (primary N) is 1. The summed E-state index contributed by atoms with van der Waals surface area (Å²) in [5.74, 6) is 0.164. The van der Waals surface area contributed by atoms with Crippen LogP contribution < -0.4 is 5.73 Å². The van der Waals surface area contributed by atoms with Gasteiger partial charge in [-0.3, -0.25) is 9.59 Å². The lowest BCUT2D eigenvalue weighted by atomic mass is 9.93. The van der Waals surface area contributed by atoms with Crippen LogP contribution in [0.15, 0.2) is 15.2 Å². The average molecular weight is 331 g/mol. The first kappa shape index (κ1) is 13.5. The number of hydrogen-bond acceptors (Lipinski definition) is 3. The van der Waals surface area contributed by atoms with Gasteiger partial charge in [0.1, 0.15) is 0 Å². The Morgan fingerprint density at radius 1 is 1.44 bits per heavy atom. The number of nitrogens with zero attached hydrogens (tertiary/aromatic N) is 1. The van der Waals surface area contributed by atoms with Crippen LogP contribution in [0.4, 0.5) is 0 Å². The second-order valence-corrected chi connectivity index (χ2v) is 6.84. The van der Waals surface area contributed by atoms with Crippen molar-refractivity contribution in [1.82, 2.24) is 4.90 Å². The number of amides is 2. The van der Waals surface area contributed by atoms with Crippen molar-refractivity contribution in [3.63, 3.8) is 0 Å². The molecule has 1 aliphatic rings. The van der Waals surface area contributed by atoms with Crippen LogP contribution >= 0.6 is 27.3 Å². The number of piperidine rings is 1. The van der Waals surface area contributed by atoms with Crippen molar-refractivity contribution in [2.45, 2.75) is 19.3 Å². The number of hydrogen-bond donors (Lipinski definition) is 1. The highest BCUT2D eigenvalue weighted by atomic mass is 79.9. The maximum absolute atomic E-state index is 12.2. The van der Waals surface area contributed by atoms with Gasteiger partial charge < -0.3 is 10.6 Å². The van der Waals surface area contributed by atoms with Gasteiger partial charge >= 0.3 is 0 Å². The van der Waals surface area contributed by atoms with E-state index in [1.807, 2.05) is 16.3 Å². The number of halogens is 1. The third-order valence-corrected chi connectivity index (χ3v) is 4.71. The second-order valence-electron chi connectivity index (χ2n) is 4.55. The molecule has 2 rings (SSSR count). The van der Waals surface area contributed by atoms with Gasteiger partial charge in [-0.15, -0.1) is 11.3 Å². The molecule has 0 spiro atoms. The van der Waals surface area contributed by atoms with Crippen LogP contribution in [0.2, 0.25) is 0 Å². The van der Waals surface area contributed by atoms with Gasteiger partial charge in [0.15, 0.2) is 0 Å². The number of likely N-dealkylation sites (tertiary alicyclic amines) is 1. The molecule has 0 aliphatic carbocycles. The van der Waals surface area contributed by atoms with Gasteiger partial charge in [-0.1, -0.05) is 0 Å². The van der Waals surface area contributed by atoms with Crippen molar-refractivity contribution in [3.8, 4) is 0 Å². The fourth-order valence-electron chi connectivity index (χ4n) is 2.23. The van der Waals surface area contributed by atoms with Crippen LogP contribution in [0.1, 0.15) is 29.6 Å². The molecule has 6 heteroatoms. The quantitative estimate of drug-likeness (QED) is 0.923. The number of rotatable bonds is 3. The molecule has 0 radical (unpaired) electrons. The third-order valence-electron chi connectivity index (χ3n) is 3.21. The van der Waals surface area contributed by atoms with Crippen molar-refractivity contribution < 1.29 is 9.59 Å². The van der Waals surface area contributed by atoms with Crippen LogP contribution in [0.3, 0.4) is 0 Å². The van der Waals surface area contributed by atoms with Crippen LogP contribution in [-0.4, -0.2) is 29.8 Å². The van der Waals surface area contributed by atoms with E-state index in [0.717, 1.165) is 22.2 Å². The largest absolute Gasteiger partial charge is 0.370 e. The first-order valence-corrected chi connectivity index (χ1v) is 7.55. The van der Waals surface area contributed by atoms with Crippen molar-refractivity contribution >= 4 is 39.1 Å². The van der Waals surface area contributed by atoms with E-state index in [0.29, 0.717) is 25.4 Å². The molecule has 0 bridgehead atoms. The van der Waals surface area contributed by atoms with E-state index in [9.17, 15) is 9.59 Å². The van der Waals surface area contributed by atoms with E-state index >= 15 is 0 Å². The minimum absolute atomic E-state index is 0.0782. The summed E-state index contributed by atoms with van der Waals surface area (Å²) in [5, 5.41) is 1.86. The van der Waals surface area contributed by atoms with Crippen LogP contribution in [0, 0.1) is 5.92 Å². The topological polar surface area (TPSA) is 63.4 Å². The Kier molecular flexibility index (Phi) is 4.40. The van der Waals surface area contributed by atoms with E-state index < -0.39 is 0 Å². The summed E-state index contributed by atoms with van der Waals surface area (Å²) in [6, 6.07) is 1.85. The number of carbonyl (C=O) groups is 2. The van der Waals surface area contributed by atoms with Crippen LogP contribution in [0.25, 0.3) is 0 Å². The molecule has 1 aromatic rings. The zero-order chi connectivity index (χ0) is 13.1. The van der Waals surface area contributed by atoms with Gasteiger partial charge in [0, 0.05) is 24.9 Å². The van der Waals surface area contributed by atoms with Gasteiger partial charge in [0.2, 0.25) is 5.91 Å².